The van der Waals surface area contributed by atoms with Crippen LogP contribution in [0.25, 0.3) is 0 Å². The van der Waals surface area contributed by atoms with Crippen molar-refractivity contribution in [3.05, 3.63) is 29.3 Å². The van der Waals surface area contributed by atoms with E-state index in [1.54, 1.807) is 0 Å². The summed E-state index contributed by atoms with van der Waals surface area (Å²) in [5.74, 6) is 1.37. The summed E-state index contributed by atoms with van der Waals surface area (Å²) in [5, 5.41) is -0.0858. The van der Waals surface area contributed by atoms with Crippen LogP contribution in [0.5, 0.6) is 0 Å². The number of benzene rings is 1. The summed E-state index contributed by atoms with van der Waals surface area (Å²) < 4.78 is 25.4. The molecular weight excluding hydrogens is 232 g/mol. The summed E-state index contributed by atoms with van der Waals surface area (Å²) in [6.45, 7) is 1.93. The van der Waals surface area contributed by atoms with E-state index in [1.165, 1.54) is 6.42 Å². The Morgan fingerprint density at radius 1 is 1.18 bits per heavy atom. The summed E-state index contributed by atoms with van der Waals surface area (Å²) in [6, 6.07) is 5.99. The van der Waals surface area contributed by atoms with Crippen molar-refractivity contribution in [1.82, 2.24) is 0 Å². The predicted octanol–water partition coefficient (Wildman–Crippen LogP) is 2.66. The Labute approximate surface area is 102 Å². The molecule has 2 saturated carbocycles. The van der Waals surface area contributed by atoms with Crippen molar-refractivity contribution in [2.24, 2.45) is 11.8 Å². The molecule has 0 saturated heterocycles. The lowest BCUT2D eigenvalue weighted by Crippen LogP contribution is -2.27. The second-order valence-corrected chi connectivity index (χ2v) is 7.90. The second-order valence-electron chi connectivity index (χ2n) is 5.86. The minimum Gasteiger partial charge on any atom is -0.223 e. The van der Waals surface area contributed by atoms with Crippen LogP contribution in [0.1, 0.15) is 36.3 Å². The third-order valence-electron chi connectivity index (χ3n) is 5.08. The van der Waals surface area contributed by atoms with Crippen LogP contribution in [0, 0.1) is 18.8 Å². The molecule has 1 aromatic carbocycles. The van der Waals surface area contributed by atoms with Gasteiger partial charge in [-0.1, -0.05) is 18.2 Å². The minimum absolute atomic E-state index is 0.0858. The van der Waals surface area contributed by atoms with Crippen molar-refractivity contribution in [2.75, 3.05) is 0 Å². The van der Waals surface area contributed by atoms with Crippen molar-refractivity contribution in [3.63, 3.8) is 0 Å². The van der Waals surface area contributed by atoms with Gasteiger partial charge in [0.2, 0.25) is 0 Å². The van der Waals surface area contributed by atoms with Gasteiger partial charge in [-0.3, -0.25) is 0 Å². The molecule has 90 valence electrons. The Hall–Kier alpha value is -0.830. The van der Waals surface area contributed by atoms with Crippen molar-refractivity contribution >= 4 is 9.84 Å². The predicted molar refractivity (Wildman–Crippen MR) is 65.7 cm³/mol. The molecule has 4 rings (SSSR count). The molecule has 2 aliphatic carbocycles. The maximum absolute atomic E-state index is 12.7. The Morgan fingerprint density at radius 2 is 1.94 bits per heavy atom. The van der Waals surface area contributed by atoms with Gasteiger partial charge in [-0.2, -0.15) is 0 Å². The summed E-state index contributed by atoms with van der Waals surface area (Å²) in [5.41, 5.74) is 2.07. The highest BCUT2D eigenvalue weighted by molar-refractivity contribution is 7.92. The van der Waals surface area contributed by atoms with E-state index >= 15 is 0 Å². The number of aryl methyl sites for hydroxylation is 1. The Kier molecular flexibility index (Phi) is 1.75. The summed E-state index contributed by atoms with van der Waals surface area (Å²) >= 11 is 0. The second kappa shape index (κ2) is 2.94. The summed E-state index contributed by atoms with van der Waals surface area (Å²) in [6.07, 6.45) is 3.49. The van der Waals surface area contributed by atoms with Crippen LogP contribution < -0.4 is 0 Å². The Balaban J connectivity index is 2.04. The molecule has 3 heteroatoms. The van der Waals surface area contributed by atoms with E-state index in [1.807, 2.05) is 25.1 Å². The van der Waals surface area contributed by atoms with Crippen LogP contribution in [0.15, 0.2) is 23.1 Å². The lowest BCUT2D eigenvalue weighted by atomic mass is 9.83. The molecule has 17 heavy (non-hydrogen) atoms. The number of fused-ring (bicyclic) bond motifs is 7. The monoisotopic (exact) mass is 248 g/mol. The van der Waals surface area contributed by atoms with Crippen molar-refractivity contribution in [2.45, 2.75) is 42.2 Å². The van der Waals surface area contributed by atoms with E-state index in [2.05, 4.69) is 0 Å². The van der Waals surface area contributed by atoms with E-state index in [4.69, 9.17) is 0 Å². The number of sulfone groups is 1. The van der Waals surface area contributed by atoms with Crippen molar-refractivity contribution < 1.29 is 8.42 Å². The van der Waals surface area contributed by atoms with E-state index in [0.717, 1.165) is 24.0 Å². The first-order valence-electron chi connectivity index (χ1n) is 6.44. The molecule has 0 spiro atoms. The zero-order chi connectivity index (χ0) is 11.8. The fourth-order valence-corrected chi connectivity index (χ4v) is 7.41. The Morgan fingerprint density at radius 3 is 2.76 bits per heavy atom. The fraction of sp³-hybridized carbons (Fsp3) is 0.571. The summed E-state index contributed by atoms with van der Waals surface area (Å²) in [4.78, 5) is 0.673. The van der Waals surface area contributed by atoms with Crippen LogP contribution in [0.3, 0.4) is 0 Å². The van der Waals surface area contributed by atoms with Gasteiger partial charge >= 0.3 is 0 Å². The van der Waals surface area contributed by atoms with Gasteiger partial charge in [0.05, 0.1) is 10.1 Å². The molecule has 0 N–H and O–H groups in total. The molecule has 4 atom stereocenters. The zero-order valence-corrected chi connectivity index (χ0v) is 10.7. The highest BCUT2D eigenvalue weighted by Crippen LogP contribution is 2.61. The first kappa shape index (κ1) is 10.1. The van der Waals surface area contributed by atoms with E-state index in [0.29, 0.717) is 22.6 Å². The van der Waals surface area contributed by atoms with Gasteiger partial charge in [-0.25, -0.2) is 8.42 Å². The van der Waals surface area contributed by atoms with Crippen LogP contribution >= 0.6 is 0 Å². The van der Waals surface area contributed by atoms with Crippen molar-refractivity contribution in [1.29, 1.82) is 0 Å². The molecule has 1 aromatic rings. The third kappa shape index (κ3) is 1.05. The fourth-order valence-electron chi connectivity index (χ4n) is 4.58. The van der Waals surface area contributed by atoms with Gasteiger partial charge in [0.25, 0.3) is 0 Å². The number of rotatable bonds is 0. The SMILES string of the molecule is Cc1cccc2c1S(=O)(=O)[C@H]1[C@@H]3CC[C@@H](C3)[C@@H]21. The van der Waals surface area contributed by atoms with Gasteiger partial charge < -0.3 is 0 Å². The Bertz CT molecular complexity index is 603. The maximum Gasteiger partial charge on any atom is 0.182 e. The van der Waals surface area contributed by atoms with Gasteiger partial charge in [0.1, 0.15) is 0 Å². The average molecular weight is 248 g/mol. The zero-order valence-electron chi connectivity index (χ0n) is 9.89. The van der Waals surface area contributed by atoms with Crippen LogP contribution in [-0.4, -0.2) is 13.7 Å². The van der Waals surface area contributed by atoms with Gasteiger partial charge in [0.15, 0.2) is 9.84 Å². The van der Waals surface area contributed by atoms with Gasteiger partial charge in [-0.15, -0.1) is 0 Å². The van der Waals surface area contributed by atoms with Crippen LogP contribution in [0.2, 0.25) is 0 Å². The number of hydrogen-bond donors (Lipinski definition) is 0. The lowest BCUT2D eigenvalue weighted by molar-refractivity contribution is 0.424. The largest absolute Gasteiger partial charge is 0.223 e. The molecule has 0 unspecified atom stereocenters. The lowest BCUT2D eigenvalue weighted by Gasteiger charge is -2.23. The summed E-state index contributed by atoms with van der Waals surface area (Å²) in [7, 11) is -3.04. The molecule has 1 heterocycles. The molecule has 0 amide bonds. The van der Waals surface area contributed by atoms with E-state index in [-0.39, 0.29) is 5.25 Å². The first-order chi connectivity index (χ1) is 8.10. The van der Waals surface area contributed by atoms with Gasteiger partial charge in [-0.05, 0) is 49.1 Å². The van der Waals surface area contributed by atoms with E-state index < -0.39 is 9.84 Å². The van der Waals surface area contributed by atoms with E-state index in [9.17, 15) is 8.42 Å². The first-order valence-corrected chi connectivity index (χ1v) is 7.99. The van der Waals surface area contributed by atoms with Crippen molar-refractivity contribution in [3.8, 4) is 0 Å². The molecule has 0 radical (unpaired) electrons. The van der Waals surface area contributed by atoms with Crippen LogP contribution in [0.4, 0.5) is 0 Å². The minimum atomic E-state index is -3.04. The smallest absolute Gasteiger partial charge is 0.182 e. The molecule has 3 aliphatic rings. The molecule has 2 fully saturated rings. The van der Waals surface area contributed by atoms with Gasteiger partial charge in [0, 0.05) is 5.92 Å². The molecular formula is C14H16O2S. The highest BCUT2D eigenvalue weighted by Gasteiger charge is 2.59. The molecule has 0 aromatic heterocycles. The molecule has 1 aliphatic heterocycles. The normalized spacial score (nSPS) is 40.3. The molecule has 2 nitrogen and oxygen atoms in total. The number of hydrogen-bond acceptors (Lipinski definition) is 2. The third-order valence-corrected chi connectivity index (χ3v) is 7.61. The standard InChI is InChI=1S/C14H16O2S/c1-8-3-2-4-11-12-9-5-6-10(7-9)14(12)17(15,16)13(8)11/h2-4,9-10,12,14H,5-7H2,1H3/t9-,10+,12-,14-/m0/s1. The quantitative estimate of drug-likeness (QED) is 0.707. The highest BCUT2D eigenvalue weighted by atomic mass is 32.2. The van der Waals surface area contributed by atoms with Crippen LogP contribution in [-0.2, 0) is 9.84 Å². The molecule has 2 bridgehead atoms. The maximum atomic E-state index is 12.7. The topological polar surface area (TPSA) is 34.1 Å². The average Bonchev–Trinajstić information content (AvgIpc) is 2.91.